The SMILES string of the molecule is CN(C)C(=O)c1cccc(C(=O)N2CCSC2CC(=O)O[C@@H](Cc2c(Cl)c[nH+]cc2Cl)c2ccc(OC(F)F)c(OCC3CC3)c2)c1. The van der Waals surface area contributed by atoms with E-state index in [4.69, 9.17) is 32.7 Å². The fourth-order valence-electron chi connectivity index (χ4n) is 5.09. The highest BCUT2D eigenvalue weighted by Gasteiger charge is 2.34. The Morgan fingerprint density at radius 1 is 1.04 bits per heavy atom. The van der Waals surface area contributed by atoms with Crippen molar-refractivity contribution in [2.45, 2.75) is 43.8 Å². The van der Waals surface area contributed by atoms with Crippen LogP contribution in [0.4, 0.5) is 8.78 Å². The fraction of sp³-hybridized carbons (Fsp3) is 0.394. The first-order chi connectivity index (χ1) is 22.5. The summed E-state index contributed by atoms with van der Waals surface area (Å²) in [7, 11) is 3.27. The third kappa shape index (κ3) is 9.05. The summed E-state index contributed by atoms with van der Waals surface area (Å²) in [6.07, 6.45) is 4.09. The van der Waals surface area contributed by atoms with Crippen molar-refractivity contribution in [3.05, 3.63) is 87.2 Å². The summed E-state index contributed by atoms with van der Waals surface area (Å²) in [6.45, 7) is -2.30. The summed E-state index contributed by atoms with van der Waals surface area (Å²) in [6, 6.07) is 10.9. The van der Waals surface area contributed by atoms with E-state index in [1.807, 2.05) is 0 Å². The number of aromatic nitrogens is 1. The maximum absolute atomic E-state index is 13.5. The van der Waals surface area contributed by atoms with Crippen LogP contribution in [0.15, 0.2) is 54.9 Å². The molecule has 2 aromatic carbocycles. The molecule has 2 heterocycles. The van der Waals surface area contributed by atoms with Gasteiger partial charge in [0.25, 0.3) is 11.8 Å². The molecule has 5 rings (SSSR count). The molecule has 14 heteroatoms. The van der Waals surface area contributed by atoms with Gasteiger partial charge in [0.2, 0.25) is 0 Å². The van der Waals surface area contributed by atoms with E-state index in [0.29, 0.717) is 57.1 Å². The van der Waals surface area contributed by atoms with Gasteiger partial charge in [-0.1, -0.05) is 35.3 Å². The van der Waals surface area contributed by atoms with E-state index < -0.39 is 24.1 Å². The molecule has 9 nitrogen and oxygen atoms in total. The van der Waals surface area contributed by atoms with Gasteiger partial charge in [-0.2, -0.15) is 8.78 Å². The highest BCUT2D eigenvalue weighted by Crippen LogP contribution is 2.38. The Labute approximate surface area is 285 Å². The lowest BCUT2D eigenvalue weighted by atomic mass is 10.0. The Kier molecular flexibility index (Phi) is 11.5. The predicted molar refractivity (Wildman–Crippen MR) is 173 cm³/mol. The molecule has 1 aliphatic carbocycles. The number of carbonyl (C=O) groups excluding carboxylic acids is 3. The number of halogens is 4. The maximum atomic E-state index is 13.5. The van der Waals surface area contributed by atoms with Gasteiger partial charge < -0.3 is 24.0 Å². The number of H-pyrrole nitrogens is 1. The second-order valence-corrected chi connectivity index (χ2v) is 13.6. The van der Waals surface area contributed by atoms with Crippen LogP contribution in [0.3, 0.4) is 0 Å². The Balaban J connectivity index is 1.37. The number of pyridine rings is 1. The first-order valence-corrected chi connectivity index (χ1v) is 16.8. The van der Waals surface area contributed by atoms with Gasteiger partial charge in [-0.25, -0.2) is 4.98 Å². The molecule has 1 saturated carbocycles. The molecule has 1 N–H and O–H groups in total. The van der Waals surface area contributed by atoms with Crippen molar-refractivity contribution >= 4 is 52.7 Å². The van der Waals surface area contributed by atoms with Crippen molar-refractivity contribution in [3.63, 3.8) is 0 Å². The van der Waals surface area contributed by atoms with Gasteiger partial charge in [0.05, 0.1) is 18.4 Å². The zero-order valence-corrected chi connectivity index (χ0v) is 28.0. The van der Waals surface area contributed by atoms with Gasteiger partial charge in [0.1, 0.15) is 16.1 Å². The molecule has 2 fully saturated rings. The first kappa shape index (κ1) is 34.7. The van der Waals surface area contributed by atoms with Crippen LogP contribution >= 0.6 is 35.0 Å². The lowest BCUT2D eigenvalue weighted by molar-refractivity contribution is -0.377. The molecule has 2 atom stereocenters. The summed E-state index contributed by atoms with van der Waals surface area (Å²) in [5.74, 6) is -0.193. The van der Waals surface area contributed by atoms with Crippen molar-refractivity contribution in [2.24, 2.45) is 5.92 Å². The Hall–Kier alpha value is -3.61. The first-order valence-electron chi connectivity index (χ1n) is 15.0. The van der Waals surface area contributed by atoms with Crippen molar-refractivity contribution in [1.29, 1.82) is 0 Å². The van der Waals surface area contributed by atoms with Crippen LogP contribution in [0.1, 0.15) is 57.2 Å². The number of nitrogens with one attached hydrogen (secondary N) is 1. The quantitative estimate of drug-likeness (QED) is 0.191. The normalized spacial score (nSPS) is 16.6. The molecule has 1 saturated heterocycles. The van der Waals surface area contributed by atoms with Crippen molar-refractivity contribution in [1.82, 2.24) is 9.80 Å². The minimum atomic E-state index is -3.05. The largest absolute Gasteiger partial charge is 0.489 e. The Morgan fingerprint density at radius 3 is 2.45 bits per heavy atom. The number of rotatable bonds is 13. The Morgan fingerprint density at radius 2 is 1.77 bits per heavy atom. The smallest absolute Gasteiger partial charge is 0.387 e. The maximum Gasteiger partial charge on any atom is 0.387 e. The van der Waals surface area contributed by atoms with Crippen molar-refractivity contribution in [2.75, 3.05) is 33.0 Å². The number of ether oxygens (including phenoxy) is 3. The van der Waals surface area contributed by atoms with Crippen LogP contribution < -0.4 is 14.5 Å². The van der Waals surface area contributed by atoms with E-state index in [-0.39, 0.29) is 36.2 Å². The number of benzene rings is 2. The van der Waals surface area contributed by atoms with E-state index in [1.165, 1.54) is 34.9 Å². The molecular weight excluding hydrogens is 675 g/mol. The monoisotopic (exact) mass is 708 g/mol. The molecule has 250 valence electrons. The number of thioether (sulfide) groups is 1. The summed E-state index contributed by atoms with van der Waals surface area (Å²) in [5, 5.41) is 0.126. The standard InChI is InChI=1S/C33H33Cl2F2N3O6S/c1-39(2)31(42)21-4-3-5-22(12-21)32(43)40-10-11-47-29(40)15-30(41)45-27(14-23-24(34)16-38-17-25(23)35)20-8-9-26(46-33(36)37)28(13-20)44-18-19-6-7-19/h3-5,8-9,12-13,16-17,19,27,29,33H,6-7,10-11,14-15,18H2,1-2H3/p+1/t27-,29?/m0/s1. The average Bonchev–Trinajstić information content (AvgIpc) is 3.76. The molecule has 1 aliphatic heterocycles. The Bertz CT molecular complexity index is 1610. The fourth-order valence-corrected chi connectivity index (χ4v) is 6.83. The zero-order valence-electron chi connectivity index (χ0n) is 25.7. The van der Waals surface area contributed by atoms with Crippen molar-refractivity contribution in [3.8, 4) is 11.5 Å². The number of aromatic amines is 1. The average molecular weight is 710 g/mol. The van der Waals surface area contributed by atoms with Crippen LogP contribution in [-0.2, 0) is 16.0 Å². The van der Waals surface area contributed by atoms with Crippen molar-refractivity contribution < 1.29 is 42.4 Å². The minimum absolute atomic E-state index is 0.0718. The van der Waals surface area contributed by atoms with Gasteiger partial charge >= 0.3 is 12.6 Å². The number of amides is 2. The molecule has 2 amide bonds. The predicted octanol–water partition coefficient (Wildman–Crippen LogP) is 6.33. The van der Waals surface area contributed by atoms with Gasteiger partial charge in [0, 0.05) is 49.5 Å². The molecule has 0 spiro atoms. The molecule has 1 aromatic heterocycles. The molecule has 47 heavy (non-hydrogen) atoms. The number of hydrogen-bond acceptors (Lipinski definition) is 7. The summed E-state index contributed by atoms with van der Waals surface area (Å²) >= 11 is 14.3. The summed E-state index contributed by atoms with van der Waals surface area (Å²) in [4.78, 5) is 45.4. The van der Waals surface area contributed by atoms with Gasteiger partial charge in [0.15, 0.2) is 23.9 Å². The van der Waals surface area contributed by atoms with Gasteiger partial charge in [-0.05, 0) is 54.7 Å². The molecule has 1 unspecified atom stereocenters. The number of carbonyl (C=O) groups is 3. The van der Waals surface area contributed by atoms with E-state index in [2.05, 4.69) is 9.72 Å². The third-order valence-corrected chi connectivity index (χ3v) is 9.64. The van der Waals surface area contributed by atoms with Crippen LogP contribution in [0, 0.1) is 5.92 Å². The number of esters is 1. The molecule has 0 radical (unpaired) electrons. The van der Waals surface area contributed by atoms with Crippen LogP contribution in [0.2, 0.25) is 10.0 Å². The lowest BCUT2D eigenvalue weighted by Gasteiger charge is -2.25. The third-order valence-electron chi connectivity index (χ3n) is 7.74. The number of alkyl halides is 2. The van der Waals surface area contributed by atoms with E-state index in [1.54, 1.807) is 55.7 Å². The minimum Gasteiger partial charge on any atom is -0.489 e. The molecular formula is C33H34Cl2F2N3O6S+. The van der Waals surface area contributed by atoms with E-state index in [9.17, 15) is 23.2 Å². The molecule has 0 bridgehead atoms. The molecule has 3 aromatic rings. The van der Waals surface area contributed by atoms with Crippen LogP contribution in [-0.4, -0.2) is 72.6 Å². The zero-order chi connectivity index (χ0) is 33.7. The second kappa shape index (κ2) is 15.5. The highest BCUT2D eigenvalue weighted by atomic mass is 35.5. The highest BCUT2D eigenvalue weighted by molar-refractivity contribution is 8.00. The lowest BCUT2D eigenvalue weighted by Crippen LogP contribution is -2.36. The second-order valence-electron chi connectivity index (χ2n) is 11.5. The van der Waals surface area contributed by atoms with Gasteiger partial charge in [-0.3, -0.25) is 14.4 Å². The van der Waals surface area contributed by atoms with Gasteiger partial charge in [-0.15, -0.1) is 11.8 Å². The number of nitrogens with zero attached hydrogens (tertiary/aromatic N) is 2. The topological polar surface area (TPSA) is 99.5 Å². The van der Waals surface area contributed by atoms with E-state index >= 15 is 0 Å². The van der Waals surface area contributed by atoms with Crippen LogP contribution in [0.5, 0.6) is 11.5 Å². The van der Waals surface area contributed by atoms with Crippen LogP contribution in [0.25, 0.3) is 0 Å². The molecule has 2 aliphatic rings. The summed E-state index contributed by atoms with van der Waals surface area (Å²) < 4.78 is 42.9. The number of hydrogen-bond donors (Lipinski definition) is 0. The summed E-state index contributed by atoms with van der Waals surface area (Å²) in [5.41, 5.74) is 1.69. The van der Waals surface area contributed by atoms with E-state index in [0.717, 1.165) is 12.8 Å².